The molecule has 7 aromatic rings. The van der Waals surface area contributed by atoms with Gasteiger partial charge in [-0.15, -0.1) is 0 Å². The van der Waals surface area contributed by atoms with E-state index in [-0.39, 0.29) is 0 Å². The highest BCUT2D eigenvalue weighted by Gasteiger charge is 2.18. The molecule has 0 amide bonds. The van der Waals surface area contributed by atoms with Crippen molar-refractivity contribution >= 4 is 27.4 Å². The van der Waals surface area contributed by atoms with E-state index in [0.717, 1.165) is 79.0 Å². The summed E-state index contributed by atoms with van der Waals surface area (Å²) >= 11 is 0. The van der Waals surface area contributed by atoms with Gasteiger partial charge in [0.15, 0.2) is 5.82 Å². The lowest BCUT2D eigenvalue weighted by molar-refractivity contribution is 0.749. The lowest BCUT2D eigenvalue weighted by atomic mass is 9.92. The van der Waals surface area contributed by atoms with E-state index in [1.54, 1.807) is 0 Å². The number of allylic oxidation sites excluding steroid dienone is 4. The largest absolute Gasteiger partial charge is 0.309 e. The molecule has 1 aliphatic rings. The monoisotopic (exact) mass is 615 g/mol. The minimum atomic E-state index is 0.343. The third-order valence-corrected chi connectivity index (χ3v) is 9.13. The number of nitriles is 2. The van der Waals surface area contributed by atoms with Crippen LogP contribution in [0, 0.1) is 28.6 Å². The fourth-order valence-electron chi connectivity index (χ4n) is 6.62. The summed E-state index contributed by atoms with van der Waals surface area (Å²) in [5.74, 6) is 1.11. The molecule has 5 heteroatoms. The molecular formula is C43H29N5. The van der Waals surface area contributed by atoms with Crippen molar-refractivity contribution in [2.45, 2.75) is 13.3 Å². The second-order valence-electron chi connectivity index (χ2n) is 12.2. The molecule has 0 saturated heterocycles. The summed E-state index contributed by atoms with van der Waals surface area (Å²) in [4.78, 5) is 10.1. The standard InChI is InChI=1S/C43H29N5/c1-28-8-5-6-13-36(28)43-46-39(32-9-3-2-4-10-32)25-40(47-43)34-12-7-11-33(24-34)31-16-18-35(19-17-31)48-41-20-14-29(26-44)22-37(41)38-23-30(27-45)15-21-42(38)48/h2-7,9-25,28H,8H2,1H3. The Morgan fingerprint density at radius 3 is 1.90 bits per heavy atom. The van der Waals surface area contributed by atoms with Crippen LogP contribution in [0.5, 0.6) is 0 Å². The zero-order chi connectivity index (χ0) is 32.6. The van der Waals surface area contributed by atoms with Gasteiger partial charge in [-0.05, 0) is 89.7 Å². The van der Waals surface area contributed by atoms with Crippen LogP contribution >= 0.6 is 0 Å². The number of nitrogens with zero attached hydrogens (tertiary/aromatic N) is 5. The van der Waals surface area contributed by atoms with Crippen molar-refractivity contribution in [1.29, 1.82) is 10.5 Å². The number of hydrogen-bond acceptors (Lipinski definition) is 4. The molecule has 0 aliphatic heterocycles. The topological polar surface area (TPSA) is 78.3 Å². The molecule has 1 atom stereocenters. The number of fused-ring (bicyclic) bond motifs is 3. The molecule has 1 unspecified atom stereocenters. The van der Waals surface area contributed by atoms with E-state index >= 15 is 0 Å². The van der Waals surface area contributed by atoms with E-state index in [1.807, 2.05) is 54.6 Å². The van der Waals surface area contributed by atoms with E-state index in [1.165, 1.54) is 0 Å². The van der Waals surface area contributed by atoms with Crippen LogP contribution < -0.4 is 0 Å². The van der Waals surface area contributed by atoms with Gasteiger partial charge in [0, 0.05) is 27.6 Å². The quantitative estimate of drug-likeness (QED) is 0.193. The first-order valence-electron chi connectivity index (χ1n) is 16.0. The summed E-state index contributed by atoms with van der Waals surface area (Å²) in [7, 11) is 0. The Morgan fingerprint density at radius 2 is 1.25 bits per heavy atom. The van der Waals surface area contributed by atoms with Crippen LogP contribution in [0.15, 0.2) is 140 Å². The highest BCUT2D eigenvalue weighted by Crippen LogP contribution is 2.36. The van der Waals surface area contributed by atoms with Crippen LogP contribution in [0.3, 0.4) is 0 Å². The molecular weight excluding hydrogens is 587 g/mol. The Morgan fingerprint density at radius 1 is 0.625 bits per heavy atom. The van der Waals surface area contributed by atoms with Gasteiger partial charge in [-0.1, -0.05) is 85.8 Å². The molecule has 1 aliphatic carbocycles. The molecule has 0 bridgehead atoms. The first kappa shape index (κ1) is 28.9. The lowest BCUT2D eigenvalue weighted by Gasteiger charge is -2.18. The Kier molecular flexibility index (Phi) is 7.21. The molecule has 5 nitrogen and oxygen atoms in total. The summed E-state index contributed by atoms with van der Waals surface area (Å²) in [5, 5.41) is 21.0. The van der Waals surface area contributed by atoms with Crippen molar-refractivity contribution < 1.29 is 0 Å². The molecule has 226 valence electrons. The smallest absolute Gasteiger partial charge is 0.156 e. The van der Waals surface area contributed by atoms with Gasteiger partial charge in [0.2, 0.25) is 0 Å². The molecule has 2 heterocycles. The van der Waals surface area contributed by atoms with Crippen LogP contribution in [0.1, 0.15) is 30.3 Å². The van der Waals surface area contributed by atoms with Gasteiger partial charge in [0.25, 0.3) is 0 Å². The Balaban J connectivity index is 1.20. The molecule has 0 spiro atoms. The molecule has 48 heavy (non-hydrogen) atoms. The average Bonchev–Trinajstić information content (AvgIpc) is 3.48. The van der Waals surface area contributed by atoms with Gasteiger partial charge in [0.05, 0.1) is 45.7 Å². The van der Waals surface area contributed by atoms with Crippen molar-refractivity contribution in [1.82, 2.24) is 14.5 Å². The number of benzene rings is 5. The number of aromatic nitrogens is 3. The van der Waals surface area contributed by atoms with Gasteiger partial charge in [-0.2, -0.15) is 10.5 Å². The van der Waals surface area contributed by atoms with Gasteiger partial charge >= 0.3 is 0 Å². The highest BCUT2D eigenvalue weighted by atomic mass is 15.0. The third-order valence-electron chi connectivity index (χ3n) is 9.13. The maximum absolute atomic E-state index is 9.55. The maximum atomic E-state index is 9.55. The summed E-state index contributed by atoms with van der Waals surface area (Å²) in [6, 6.07) is 45.4. The van der Waals surface area contributed by atoms with E-state index in [0.29, 0.717) is 17.0 Å². The molecule has 0 fully saturated rings. The van der Waals surface area contributed by atoms with Crippen LogP contribution in [-0.4, -0.2) is 14.5 Å². The predicted molar refractivity (Wildman–Crippen MR) is 193 cm³/mol. The minimum Gasteiger partial charge on any atom is -0.309 e. The maximum Gasteiger partial charge on any atom is 0.156 e. The molecule has 5 aromatic carbocycles. The lowest BCUT2D eigenvalue weighted by Crippen LogP contribution is -2.06. The van der Waals surface area contributed by atoms with Crippen LogP contribution in [0.25, 0.3) is 66.7 Å². The SMILES string of the molecule is CC1CC=CC=C1c1nc(-c2ccccc2)cc(-c2cccc(-c3ccc(-n4c5ccc(C#N)cc5c5cc(C#N)ccc54)cc3)c2)n1. The van der Waals surface area contributed by atoms with Crippen molar-refractivity contribution in [2.75, 3.05) is 0 Å². The first-order valence-corrected chi connectivity index (χ1v) is 16.0. The van der Waals surface area contributed by atoms with E-state index < -0.39 is 0 Å². The highest BCUT2D eigenvalue weighted by molar-refractivity contribution is 6.10. The number of hydrogen-bond donors (Lipinski definition) is 0. The predicted octanol–water partition coefficient (Wildman–Crippen LogP) is 10.3. The fourth-order valence-corrected chi connectivity index (χ4v) is 6.62. The Bertz CT molecular complexity index is 2430. The average molecular weight is 616 g/mol. The van der Waals surface area contributed by atoms with Gasteiger partial charge in [-0.3, -0.25) is 0 Å². The second kappa shape index (κ2) is 12.0. The van der Waals surface area contributed by atoms with Gasteiger partial charge in [-0.25, -0.2) is 9.97 Å². The van der Waals surface area contributed by atoms with Crippen LogP contribution in [0.4, 0.5) is 0 Å². The normalized spacial score (nSPS) is 14.1. The molecule has 0 saturated carbocycles. The minimum absolute atomic E-state index is 0.343. The fraction of sp³-hybridized carbons (Fsp3) is 0.0698. The van der Waals surface area contributed by atoms with Crippen molar-refractivity contribution in [2.24, 2.45) is 5.92 Å². The van der Waals surface area contributed by atoms with Crippen molar-refractivity contribution in [3.05, 3.63) is 157 Å². The Labute approximate surface area is 279 Å². The molecule has 0 N–H and O–H groups in total. The molecule has 0 radical (unpaired) electrons. The number of rotatable bonds is 5. The summed E-state index contributed by atoms with van der Waals surface area (Å²) in [6.45, 7) is 2.23. The summed E-state index contributed by atoms with van der Waals surface area (Å²) < 4.78 is 2.19. The van der Waals surface area contributed by atoms with E-state index in [4.69, 9.17) is 9.97 Å². The molecule has 8 rings (SSSR count). The first-order chi connectivity index (χ1) is 23.6. The van der Waals surface area contributed by atoms with E-state index in [2.05, 4.69) is 109 Å². The summed E-state index contributed by atoms with van der Waals surface area (Å²) in [5.41, 5.74) is 11.4. The molecule has 2 aromatic heterocycles. The van der Waals surface area contributed by atoms with Crippen molar-refractivity contribution in [3.63, 3.8) is 0 Å². The van der Waals surface area contributed by atoms with Crippen LogP contribution in [-0.2, 0) is 0 Å². The van der Waals surface area contributed by atoms with Gasteiger partial charge < -0.3 is 4.57 Å². The van der Waals surface area contributed by atoms with Gasteiger partial charge in [0.1, 0.15) is 0 Å². The Hall–Kier alpha value is -6.56. The van der Waals surface area contributed by atoms with E-state index in [9.17, 15) is 10.5 Å². The van der Waals surface area contributed by atoms with Crippen molar-refractivity contribution in [3.8, 4) is 51.5 Å². The second-order valence-corrected chi connectivity index (χ2v) is 12.2. The zero-order valence-electron chi connectivity index (χ0n) is 26.3. The summed E-state index contributed by atoms with van der Waals surface area (Å²) in [6.07, 6.45) is 7.41. The van der Waals surface area contributed by atoms with Crippen LogP contribution in [0.2, 0.25) is 0 Å². The zero-order valence-corrected chi connectivity index (χ0v) is 26.3. The third kappa shape index (κ3) is 5.14.